The SMILES string of the molecule is Oc1ccccc1-[n+]1[c-]n2c(c1-c1ccccc1)-c1ccccc1-c1ccccc1-c1ccc(-n3c4ncccc4n4c5ccccc5nc34)cc1-2. The predicted octanol–water partition coefficient (Wildman–Crippen LogP) is 9.38. The van der Waals surface area contributed by atoms with Gasteiger partial charge in [-0.25, -0.2) is 9.97 Å². The van der Waals surface area contributed by atoms with E-state index < -0.39 is 0 Å². The summed E-state index contributed by atoms with van der Waals surface area (Å²) in [6.45, 7) is 0. The summed E-state index contributed by atoms with van der Waals surface area (Å²) in [6.07, 6.45) is 5.58. The molecule has 0 amide bonds. The van der Waals surface area contributed by atoms with E-state index in [4.69, 9.17) is 9.97 Å². The number of phenols is 1. The van der Waals surface area contributed by atoms with Gasteiger partial charge in [0.05, 0.1) is 33.6 Å². The molecule has 5 heterocycles. The number of nitrogens with zero attached hydrogens (tertiary/aromatic N) is 6. The lowest BCUT2D eigenvalue weighted by Crippen LogP contribution is -2.31. The topological polar surface area (TPSA) is 64.2 Å². The van der Waals surface area contributed by atoms with Crippen LogP contribution in [0.2, 0.25) is 0 Å². The molecule has 244 valence electrons. The van der Waals surface area contributed by atoms with Crippen LogP contribution in [-0.4, -0.2) is 28.6 Å². The highest BCUT2D eigenvalue weighted by Crippen LogP contribution is 2.47. The fourth-order valence-electron chi connectivity index (χ4n) is 7.94. The van der Waals surface area contributed by atoms with Crippen molar-refractivity contribution in [2.24, 2.45) is 0 Å². The fraction of sp³-hybridized carbons (Fsp3) is 0. The van der Waals surface area contributed by atoms with E-state index in [1.54, 1.807) is 6.07 Å². The number of aromatic nitrogens is 6. The molecule has 10 aromatic rings. The van der Waals surface area contributed by atoms with Crippen molar-refractivity contribution in [3.63, 3.8) is 0 Å². The van der Waals surface area contributed by atoms with Crippen LogP contribution < -0.4 is 4.57 Å². The molecule has 0 atom stereocenters. The molecule has 4 aromatic heterocycles. The van der Waals surface area contributed by atoms with Crippen LogP contribution in [0, 0.1) is 6.33 Å². The zero-order chi connectivity index (χ0) is 34.3. The van der Waals surface area contributed by atoms with Gasteiger partial charge in [0.15, 0.2) is 5.65 Å². The summed E-state index contributed by atoms with van der Waals surface area (Å²) in [5.74, 6) is 0.959. The number of fused-ring (bicyclic) bond motifs is 13. The normalized spacial score (nSPS) is 11.9. The quantitative estimate of drug-likeness (QED) is 0.151. The number of rotatable bonds is 3. The highest BCUT2D eigenvalue weighted by molar-refractivity contribution is 5.98. The minimum absolute atomic E-state index is 0.170. The predicted molar refractivity (Wildman–Crippen MR) is 204 cm³/mol. The smallest absolute Gasteiger partial charge is 0.270 e. The summed E-state index contributed by atoms with van der Waals surface area (Å²) in [5.41, 5.74) is 14.6. The fourth-order valence-corrected chi connectivity index (χ4v) is 7.94. The summed E-state index contributed by atoms with van der Waals surface area (Å²) in [5, 5.41) is 11.3. The Kier molecular flexibility index (Phi) is 5.98. The maximum atomic E-state index is 11.3. The summed E-state index contributed by atoms with van der Waals surface area (Å²) in [6, 6.07) is 53.8. The Bertz CT molecular complexity index is 3040. The third kappa shape index (κ3) is 3.98. The summed E-state index contributed by atoms with van der Waals surface area (Å²) >= 11 is 0. The molecule has 0 spiro atoms. The van der Waals surface area contributed by atoms with Crippen molar-refractivity contribution in [1.29, 1.82) is 0 Å². The van der Waals surface area contributed by atoms with Crippen LogP contribution in [0.15, 0.2) is 164 Å². The second kappa shape index (κ2) is 10.9. The Morgan fingerprint density at radius 3 is 2.10 bits per heavy atom. The molecule has 0 saturated carbocycles. The monoisotopic (exact) mass is 668 g/mol. The lowest BCUT2D eigenvalue weighted by molar-refractivity contribution is -0.588. The molecule has 1 aliphatic rings. The van der Waals surface area contributed by atoms with Gasteiger partial charge in [-0.2, -0.15) is 0 Å². The third-order valence-electron chi connectivity index (χ3n) is 10.2. The van der Waals surface area contributed by atoms with E-state index >= 15 is 0 Å². The first kappa shape index (κ1) is 28.6. The molecule has 52 heavy (non-hydrogen) atoms. The van der Waals surface area contributed by atoms with E-state index in [1.165, 1.54) is 0 Å². The molecule has 0 saturated heterocycles. The van der Waals surface area contributed by atoms with Crippen molar-refractivity contribution >= 4 is 28.0 Å². The Morgan fingerprint density at radius 2 is 1.27 bits per heavy atom. The van der Waals surface area contributed by atoms with E-state index in [0.29, 0.717) is 5.69 Å². The second-order valence-electron chi connectivity index (χ2n) is 13.0. The Hall–Kier alpha value is -7.25. The first-order valence-electron chi connectivity index (χ1n) is 17.2. The number of phenolic OH excluding ortho intramolecular Hbond substituents is 1. The summed E-state index contributed by atoms with van der Waals surface area (Å²) in [4.78, 5) is 10.0. The van der Waals surface area contributed by atoms with Gasteiger partial charge in [-0.05, 0) is 81.9 Å². The number of aromatic hydroxyl groups is 1. The van der Waals surface area contributed by atoms with Gasteiger partial charge in [-0.3, -0.25) is 18.1 Å². The molecule has 11 rings (SSSR count). The number of hydrogen-bond donors (Lipinski definition) is 1. The van der Waals surface area contributed by atoms with Gasteiger partial charge >= 0.3 is 0 Å². The van der Waals surface area contributed by atoms with Crippen molar-refractivity contribution in [2.75, 3.05) is 0 Å². The standard InChI is InChI=1S/C45H28N6O/c52-41-23-11-10-21-38(41)48-28-49-40-27-30(50-44-39(22-12-26-46-44)51-37-20-9-8-19-36(37)47-45(50)51)24-25-34(40)32-16-5-4-15-31(32)33-17-6-7-18-35(33)43(49)42(48)29-13-2-1-3-14-29/h1-27,52H. The van der Waals surface area contributed by atoms with Crippen LogP contribution in [0.3, 0.4) is 0 Å². The van der Waals surface area contributed by atoms with Crippen molar-refractivity contribution < 1.29 is 9.67 Å². The van der Waals surface area contributed by atoms with E-state index in [1.807, 2.05) is 59.3 Å². The van der Waals surface area contributed by atoms with Gasteiger partial charge in [-0.15, -0.1) is 0 Å². The molecule has 0 unspecified atom stereocenters. The number of pyridine rings is 1. The molecule has 6 aromatic carbocycles. The molecule has 0 bridgehead atoms. The third-order valence-corrected chi connectivity index (χ3v) is 10.2. The van der Waals surface area contributed by atoms with Crippen LogP contribution in [0.1, 0.15) is 0 Å². The van der Waals surface area contributed by atoms with E-state index in [2.05, 4.69) is 123 Å². The molecule has 1 aliphatic heterocycles. The van der Waals surface area contributed by atoms with Gasteiger partial charge in [0.1, 0.15) is 11.4 Å². The number of para-hydroxylation sites is 4. The van der Waals surface area contributed by atoms with Crippen LogP contribution in [0.25, 0.3) is 89.8 Å². The van der Waals surface area contributed by atoms with Crippen molar-refractivity contribution in [1.82, 2.24) is 23.5 Å². The van der Waals surface area contributed by atoms with E-state index in [-0.39, 0.29) is 5.75 Å². The molecule has 7 heteroatoms. The maximum Gasteiger partial charge on any atom is 0.270 e. The van der Waals surface area contributed by atoms with Gasteiger partial charge in [0, 0.05) is 11.9 Å². The Labute approximate surface area is 298 Å². The minimum atomic E-state index is 0.170. The Morgan fingerprint density at radius 1 is 0.596 bits per heavy atom. The lowest BCUT2D eigenvalue weighted by atomic mass is 9.87. The molecule has 0 fully saturated rings. The molecular formula is C45H28N6O. The average molecular weight is 669 g/mol. The van der Waals surface area contributed by atoms with Gasteiger partial charge in [-0.1, -0.05) is 109 Å². The summed E-state index contributed by atoms with van der Waals surface area (Å²) in [7, 11) is 0. The van der Waals surface area contributed by atoms with Gasteiger partial charge < -0.3 is 5.11 Å². The molecule has 0 aliphatic carbocycles. The van der Waals surface area contributed by atoms with Gasteiger partial charge in [0.2, 0.25) is 5.78 Å². The van der Waals surface area contributed by atoms with Crippen LogP contribution in [0.5, 0.6) is 5.75 Å². The van der Waals surface area contributed by atoms with E-state index in [9.17, 15) is 5.11 Å². The number of hydrogen-bond acceptors (Lipinski definition) is 3. The second-order valence-corrected chi connectivity index (χ2v) is 13.0. The number of benzene rings is 6. The molecule has 7 nitrogen and oxygen atoms in total. The lowest BCUT2D eigenvalue weighted by Gasteiger charge is -2.23. The molecule has 1 N–H and O–H groups in total. The zero-order valence-electron chi connectivity index (χ0n) is 27.7. The van der Waals surface area contributed by atoms with Crippen molar-refractivity contribution in [3.05, 3.63) is 170 Å². The first-order valence-corrected chi connectivity index (χ1v) is 17.2. The van der Waals surface area contributed by atoms with Crippen LogP contribution in [0.4, 0.5) is 0 Å². The zero-order valence-corrected chi connectivity index (χ0v) is 27.7. The highest BCUT2D eigenvalue weighted by Gasteiger charge is 2.29. The average Bonchev–Trinajstić information content (AvgIpc) is 3.87. The first-order chi connectivity index (χ1) is 25.7. The largest absolute Gasteiger partial charge is 0.511 e. The highest BCUT2D eigenvalue weighted by atomic mass is 16.3. The van der Waals surface area contributed by atoms with E-state index in [0.717, 1.165) is 84.1 Å². The number of imidazole rings is 3. The molecular weight excluding hydrogens is 641 g/mol. The van der Waals surface area contributed by atoms with Crippen LogP contribution >= 0.6 is 0 Å². The van der Waals surface area contributed by atoms with Gasteiger partial charge in [0.25, 0.3) is 6.33 Å². The molecule has 0 radical (unpaired) electrons. The minimum Gasteiger partial charge on any atom is -0.511 e. The van der Waals surface area contributed by atoms with Crippen molar-refractivity contribution in [2.45, 2.75) is 0 Å². The van der Waals surface area contributed by atoms with Crippen molar-refractivity contribution in [3.8, 4) is 67.6 Å². The maximum absolute atomic E-state index is 11.3. The Balaban J connectivity index is 1.30. The van der Waals surface area contributed by atoms with Crippen LogP contribution in [-0.2, 0) is 0 Å². The summed E-state index contributed by atoms with van der Waals surface area (Å²) < 4.78 is 8.50.